The quantitative estimate of drug-likeness (QED) is 0.485. The molecule has 0 amide bonds. The molecule has 0 saturated carbocycles. The Morgan fingerprint density at radius 2 is 1.90 bits per heavy atom. The second kappa shape index (κ2) is 8.70. The third-order valence-corrected chi connectivity index (χ3v) is 6.12. The number of halogens is 1. The number of rotatable bonds is 5. The summed E-state index contributed by atoms with van der Waals surface area (Å²) >= 11 is 6.43. The molecule has 2 heterocycles. The molecule has 0 spiro atoms. The van der Waals surface area contributed by atoms with Crippen LogP contribution in [0.2, 0.25) is 5.02 Å². The van der Waals surface area contributed by atoms with Crippen LogP contribution in [0.5, 0.6) is 5.75 Å². The summed E-state index contributed by atoms with van der Waals surface area (Å²) in [4.78, 5) is 0. The fourth-order valence-electron chi connectivity index (χ4n) is 4.03. The first-order chi connectivity index (χ1) is 14.4. The minimum absolute atomic E-state index is 0.0533. The average molecular weight is 436 g/mol. The molecule has 2 aliphatic rings. The van der Waals surface area contributed by atoms with Crippen LogP contribution in [0.25, 0.3) is 0 Å². The van der Waals surface area contributed by atoms with Crippen molar-refractivity contribution in [2.24, 2.45) is 0 Å². The zero-order valence-corrected chi connectivity index (χ0v) is 17.2. The van der Waals surface area contributed by atoms with Crippen LogP contribution in [0, 0.1) is 0 Å². The first-order valence-electron chi connectivity index (χ1n) is 9.98. The van der Waals surface area contributed by atoms with Gasteiger partial charge in [-0.3, -0.25) is 0 Å². The Labute approximate surface area is 179 Å². The van der Waals surface area contributed by atoms with E-state index in [1.54, 1.807) is 12.1 Å². The predicted octanol–water partition coefficient (Wildman–Crippen LogP) is 1.64. The standard InChI is InChI=1S/C22H26ClNO6/c23-16-3-2-14(21-20(28)18(27)10-22(11-25,12-26)30-21)9-15(16)7-13-1-4-19-17(8-13)24-5-6-29-19/h1-4,8-9,18,20-21,24-28H,5-7,10-12H2/t18-,20+,21-/m0/s1. The summed E-state index contributed by atoms with van der Waals surface area (Å²) in [7, 11) is 0. The molecule has 2 aromatic rings. The fraction of sp³-hybridized carbons (Fsp3) is 0.455. The van der Waals surface area contributed by atoms with E-state index in [2.05, 4.69) is 5.32 Å². The van der Waals surface area contributed by atoms with Crippen LogP contribution in [0.1, 0.15) is 29.2 Å². The summed E-state index contributed by atoms with van der Waals surface area (Å²) < 4.78 is 11.5. The van der Waals surface area contributed by atoms with Crippen molar-refractivity contribution < 1.29 is 29.9 Å². The molecule has 1 saturated heterocycles. The Bertz CT molecular complexity index is 903. The molecule has 0 aromatic heterocycles. The van der Waals surface area contributed by atoms with Gasteiger partial charge in [0.15, 0.2) is 0 Å². The summed E-state index contributed by atoms with van der Waals surface area (Å²) in [6.45, 7) is 0.463. The summed E-state index contributed by atoms with van der Waals surface area (Å²) in [5.74, 6) is 0.821. The molecule has 0 radical (unpaired) electrons. The molecular weight excluding hydrogens is 410 g/mol. The van der Waals surface area contributed by atoms with Crippen LogP contribution in [-0.2, 0) is 11.2 Å². The number of aliphatic hydroxyl groups is 4. The number of nitrogens with one attached hydrogen (secondary N) is 1. The molecule has 162 valence electrons. The highest BCUT2D eigenvalue weighted by molar-refractivity contribution is 6.31. The number of ether oxygens (including phenoxy) is 2. The van der Waals surface area contributed by atoms with E-state index in [1.165, 1.54) is 0 Å². The highest BCUT2D eigenvalue weighted by Gasteiger charge is 2.46. The van der Waals surface area contributed by atoms with E-state index in [0.29, 0.717) is 23.6 Å². The lowest BCUT2D eigenvalue weighted by Gasteiger charge is -2.44. The molecule has 3 atom stereocenters. The van der Waals surface area contributed by atoms with Crippen molar-refractivity contribution in [3.8, 4) is 5.75 Å². The van der Waals surface area contributed by atoms with E-state index in [4.69, 9.17) is 21.1 Å². The maximum atomic E-state index is 10.5. The molecule has 0 aliphatic carbocycles. The van der Waals surface area contributed by atoms with E-state index < -0.39 is 37.1 Å². The normalized spacial score (nSPS) is 25.2. The monoisotopic (exact) mass is 435 g/mol. The van der Waals surface area contributed by atoms with E-state index >= 15 is 0 Å². The largest absolute Gasteiger partial charge is 0.490 e. The minimum atomic E-state index is -1.31. The summed E-state index contributed by atoms with van der Waals surface area (Å²) in [5.41, 5.74) is 2.12. The van der Waals surface area contributed by atoms with Gasteiger partial charge in [-0.1, -0.05) is 29.8 Å². The van der Waals surface area contributed by atoms with Crippen molar-refractivity contribution in [2.75, 3.05) is 31.7 Å². The molecule has 1 fully saturated rings. The van der Waals surface area contributed by atoms with Gasteiger partial charge in [0.1, 0.15) is 30.2 Å². The van der Waals surface area contributed by atoms with Gasteiger partial charge in [0, 0.05) is 18.0 Å². The van der Waals surface area contributed by atoms with Crippen LogP contribution in [0.15, 0.2) is 36.4 Å². The second-order valence-electron chi connectivity index (χ2n) is 7.93. The molecule has 2 aliphatic heterocycles. The number of hydrogen-bond acceptors (Lipinski definition) is 7. The number of hydrogen-bond donors (Lipinski definition) is 5. The van der Waals surface area contributed by atoms with E-state index in [9.17, 15) is 20.4 Å². The molecule has 30 heavy (non-hydrogen) atoms. The predicted molar refractivity (Wildman–Crippen MR) is 112 cm³/mol. The van der Waals surface area contributed by atoms with E-state index in [1.807, 2.05) is 24.3 Å². The van der Waals surface area contributed by atoms with Gasteiger partial charge in [0.25, 0.3) is 0 Å². The zero-order chi connectivity index (χ0) is 21.3. The first kappa shape index (κ1) is 21.4. The van der Waals surface area contributed by atoms with Gasteiger partial charge in [-0.25, -0.2) is 0 Å². The van der Waals surface area contributed by atoms with Crippen molar-refractivity contribution in [2.45, 2.75) is 36.8 Å². The van der Waals surface area contributed by atoms with Gasteiger partial charge in [-0.05, 0) is 41.3 Å². The molecular formula is C22H26ClNO6. The van der Waals surface area contributed by atoms with Crippen molar-refractivity contribution >= 4 is 17.3 Å². The Morgan fingerprint density at radius 3 is 2.67 bits per heavy atom. The lowest BCUT2D eigenvalue weighted by atomic mass is 9.86. The van der Waals surface area contributed by atoms with Crippen molar-refractivity contribution in [3.05, 3.63) is 58.1 Å². The zero-order valence-electron chi connectivity index (χ0n) is 16.4. The van der Waals surface area contributed by atoms with Crippen molar-refractivity contribution in [1.82, 2.24) is 0 Å². The number of aliphatic hydroxyl groups excluding tert-OH is 4. The molecule has 2 aromatic carbocycles. The van der Waals surface area contributed by atoms with Crippen LogP contribution in [0.4, 0.5) is 5.69 Å². The van der Waals surface area contributed by atoms with Crippen LogP contribution in [0.3, 0.4) is 0 Å². The molecule has 4 rings (SSSR count). The first-order valence-corrected chi connectivity index (χ1v) is 10.4. The maximum absolute atomic E-state index is 10.5. The molecule has 0 unspecified atom stereocenters. The SMILES string of the molecule is OCC1(CO)C[C@H](O)[C@@H](O)[C@H](c2ccc(Cl)c(Cc3ccc4c(c3)NCCO4)c2)O1. The third kappa shape index (κ3) is 4.14. The maximum Gasteiger partial charge on any atom is 0.142 e. The minimum Gasteiger partial charge on any atom is -0.490 e. The van der Waals surface area contributed by atoms with E-state index in [0.717, 1.165) is 29.1 Å². The van der Waals surface area contributed by atoms with Gasteiger partial charge in [-0.2, -0.15) is 0 Å². The van der Waals surface area contributed by atoms with Gasteiger partial charge < -0.3 is 35.2 Å². The van der Waals surface area contributed by atoms with Crippen LogP contribution >= 0.6 is 11.6 Å². The lowest BCUT2D eigenvalue weighted by molar-refractivity contribution is -0.240. The summed E-state index contributed by atoms with van der Waals surface area (Å²) in [6.07, 6.45) is -2.72. The Morgan fingerprint density at radius 1 is 1.10 bits per heavy atom. The Kier molecular flexibility index (Phi) is 6.20. The van der Waals surface area contributed by atoms with Gasteiger partial charge in [0.05, 0.1) is 25.0 Å². The van der Waals surface area contributed by atoms with Crippen molar-refractivity contribution in [3.63, 3.8) is 0 Å². The van der Waals surface area contributed by atoms with Gasteiger partial charge in [0.2, 0.25) is 0 Å². The topological polar surface area (TPSA) is 111 Å². The number of fused-ring (bicyclic) bond motifs is 1. The summed E-state index contributed by atoms with van der Waals surface area (Å²) in [5, 5.41) is 44.0. The Hall–Kier alpha value is -1.87. The molecule has 8 heteroatoms. The highest BCUT2D eigenvalue weighted by atomic mass is 35.5. The highest BCUT2D eigenvalue weighted by Crippen LogP contribution is 2.39. The molecule has 0 bridgehead atoms. The molecule has 5 N–H and O–H groups in total. The molecule has 7 nitrogen and oxygen atoms in total. The average Bonchev–Trinajstić information content (AvgIpc) is 2.77. The van der Waals surface area contributed by atoms with E-state index in [-0.39, 0.29) is 6.42 Å². The van der Waals surface area contributed by atoms with Crippen LogP contribution < -0.4 is 10.1 Å². The van der Waals surface area contributed by atoms with Crippen LogP contribution in [-0.4, -0.2) is 64.6 Å². The Balaban J connectivity index is 1.61. The van der Waals surface area contributed by atoms with Crippen molar-refractivity contribution in [1.29, 1.82) is 0 Å². The van der Waals surface area contributed by atoms with Gasteiger partial charge >= 0.3 is 0 Å². The number of anilines is 1. The number of benzene rings is 2. The summed E-state index contributed by atoms with van der Waals surface area (Å²) in [6, 6.07) is 11.2. The van der Waals surface area contributed by atoms with Gasteiger partial charge in [-0.15, -0.1) is 0 Å². The fourth-order valence-corrected chi connectivity index (χ4v) is 4.22. The third-order valence-electron chi connectivity index (χ3n) is 5.75. The smallest absolute Gasteiger partial charge is 0.142 e. The second-order valence-corrected chi connectivity index (χ2v) is 8.34. The lowest BCUT2D eigenvalue weighted by Crippen LogP contribution is -2.54.